The molecule has 158 valence electrons. The topological polar surface area (TPSA) is 0 Å². The SMILES string of the molecule is CCCCCCCCCCCCCCCC(c1ccccc1)[N+](C)(C)C.[Cl-]. The molecular formula is C25H46ClN. The van der Waals surface area contributed by atoms with Gasteiger partial charge in [-0.25, -0.2) is 0 Å². The summed E-state index contributed by atoms with van der Waals surface area (Å²) in [6, 6.07) is 11.7. The van der Waals surface area contributed by atoms with Crippen molar-refractivity contribution in [3.8, 4) is 0 Å². The van der Waals surface area contributed by atoms with E-state index in [0.717, 1.165) is 4.48 Å². The molecule has 0 radical (unpaired) electrons. The van der Waals surface area contributed by atoms with Gasteiger partial charge < -0.3 is 16.9 Å². The Morgan fingerprint density at radius 1 is 0.630 bits per heavy atom. The van der Waals surface area contributed by atoms with E-state index in [9.17, 15) is 0 Å². The standard InChI is InChI=1S/C25H46N.ClH/c1-5-6-7-8-9-10-11-12-13-14-15-16-20-23-25(26(2,3)4)24-21-18-17-19-22-24;/h17-19,21-22,25H,5-16,20,23H2,1-4H3;1H/q+1;/p-1. The van der Waals surface area contributed by atoms with Crippen LogP contribution in [0, 0.1) is 0 Å². The van der Waals surface area contributed by atoms with Gasteiger partial charge in [-0.3, -0.25) is 0 Å². The molecule has 1 aromatic rings. The second-order valence-electron chi connectivity index (χ2n) is 9.07. The van der Waals surface area contributed by atoms with E-state index in [4.69, 9.17) is 0 Å². The van der Waals surface area contributed by atoms with E-state index in [-0.39, 0.29) is 12.4 Å². The van der Waals surface area contributed by atoms with Crippen LogP contribution in [0.1, 0.15) is 108 Å². The lowest BCUT2D eigenvalue weighted by molar-refractivity contribution is -0.902. The predicted octanol–water partition coefficient (Wildman–Crippen LogP) is 4.92. The molecule has 0 aliphatic rings. The van der Waals surface area contributed by atoms with E-state index < -0.39 is 0 Å². The summed E-state index contributed by atoms with van der Waals surface area (Å²) in [6.45, 7) is 2.30. The smallest absolute Gasteiger partial charge is 0.114 e. The lowest BCUT2D eigenvalue weighted by Crippen LogP contribution is -3.00. The molecule has 0 N–H and O–H groups in total. The Morgan fingerprint density at radius 2 is 1.04 bits per heavy atom. The highest BCUT2D eigenvalue weighted by Gasteiger charge is 2.24. The molecule has 1 aromatic carbocycles. The van der Waals surface area contributed by atoms with Gasteiger partial charge in [-0.15, -0.1) is 0 Å². The van der Waals surface area contributed by atoms with E-state index in [1.807, 2.05) is 0 Å². The van der Waals surface area contributed by atoms with E-state index in [1.54, 1.807) is 0 Å². The van der Waals surface area contributed by atoms with E-state index in [0.29, 0.717) is 6.04 Å². The third-order valence-electron chi connectivity index (χ3n) is 5.70. The summed E-state index contributed by atoms with van der Waals surface area (Å²) in [5, 5.41) is 0. The fraction of sp³-hybridized carbons (Fsp3) is 0.760. The van der Waals surface area contributed by atoms with Gasteiger partial charge in [-0.2, -0.15) is 0 Å². The summed E-state index contributed by atoms with van der Waals surface area (Å²) in [6.07, 6.45) is 20.0. The minimum atomic E-state index is 0. The summed E-state index contributed by atoms with van der Waals surface area (Å²) in [4.78, 5) is 0. The van der Waals surface area contributed by atoms with E-state index >= 15 is 0 Å². The first-order chi connectivity index (χ1) is 12.6. The number of hydrogen-bond donors (Lipinski definition) is 0. The maximum absolute atomic E-state index is 2.33. The van der Waals surface area contributed by atoms with E-state index in [1.165, 1.54) is 95.5 Å². The van der Waals surface area contributed by atoms with Gasteiger partial charge in [-0.05, 0) is 6.42 Å². The van der Waals surface area contributed by atoms with Crippen molar-refractivity contribution in [1.82, 2.24) is 0 Å². The molecule has 2 heteroatoms. The van der Waals surface area contributed by atoms with Crippen LogP contribution in [0.3, 0.4) is 0 Å². The number of unbranched alkanes of at least 4 members (excludes halogenated alkanes) is 12. The van der Waals surface area contributed by atoms with Crippen molar-refractivity contribution in [2.24, 2.45) is 0 Å². The van der Waals surface area contributed by atoms with E-state index in [2.05, 4.69) is 58.4 Å². The Labute approximate surface area is 176 Å². The third kappa shape index (κ3) is 13.3. The molecule has 0 bridgehead atoms. The van der Waals surface area contributed by atoms with Crippen molar-refractivity contribution in [2.75, 3.05) is 21.1 Å². The Hall–Kier alpha value is -0.530. The van der Waals surface area contributed by atoms with Gasteiger partial charge in [0, 0.05) is 12.0 Å². The molecule has 1 nitrogen and oxygen atoms in total. The van der Waals surface area contributed by atoms with Crippen molar-refractivity contribution >= 4 is 0 Å². The van der Waals surface area contributed by atoms with Gasteiger partial charge in [-0.1, -0.05) is 114 Å². The molecule has 0 aromatic heterocycles. The highest BCUT2D eigenvalue weighted by Crippen LogP contribution is 2.29. The lowest BCUT2D eigenvalue weighted by atomic mass is 9.97. The zero-order chi connectivity index (χ0) is 19.1. The monoisotopic (exact) mass is 395 g/mol. The van der Waals surface area contributed by atoms with Crippen molar-refractivity contribution in [3.63, 3.8) is 0 Å². The number of benzene rings is 1. The second-order valence-corrected chi connectivity index (χ2v) is 9.07. The quantitative estimate of drug-likeness (QED) is 0.275. The van der Waals surface area contributed by atoms with Crippen LogP contribution in [0.15, 0.2) is 30.3 Å². The van der Waals surface area contributed by atoms with Crippen LogP contribution in [0.4, 0.5) is 0 Å². The van der Waals surface area contributed by atoms with Gasteiger partial charge >= 0.3 is 0 Å². The van der Waals surface area contributed by atoms with Gasteiger partial charge in [0.15, 0.2) is 0 Å². The van der Waals surface area contributed by atoms with Gasteiger partial charge in [0.25, 0.3) is 0 Å². The summed E-state index contributed by atoms with van der Waals surface area (Å²) in [5.41, 5.74) is 1.50. The summed E-state index contributed by atoms with van der Waals surface area (Å²) >= 11 is 0. The Bertz CT molecular complexity index is 424. The number of hydrogen-bond acceptors (Lipinski definition) is 0. The number of halogens is 1. The molecule has 0 saturated carbocycles. The van der Waals surface area contributed by atoms with Crippen molar-refractivity contribution in [1.29, 1.82) is 0 Å². The van der Waals surface area contributed by atoms with Crippen LogP contribution < -0.4 is 12.4 Å². The molecular weight excluding hydrogens is 350 g/mol. The highest BCUT2D eigenvalue weighted by atomic mass is 35.5. The maximum atomic E-state index is 2.33. The average molecular weight is 396 g/mol. The molecule has 1 rings (SSSR count). The molecule has 0 saturated heterocycles. The molecule has 0 spiro atoms. The fourth-order valence-electron chi connectivity index (χ4n) is 4.03. The van der Waals surface area contributed by atoms with Crippen molar-refractivity contribution < 1.29 is 16.9 Å². The Kier molecular flexibility index (Phi) is 16.1. The Morgan fingerprint density at radius 3 is 1.44 bits per heavy atom. The second kappa shape index (κ2) is 16.4. The normalized spacial score (nSPS) is 12.6. The minimum absolute atomic E-state index is 0. The largest absolute Gasteiger partial charge is 1.00 e. The zero-order valence-corrected chi connectivity index (χ0v) is 19.4. The van der Waals surface area contributed by atoms with Crippen LogP contribution >= 0.6 is 0 Å². The molecule has 1 unspecified atom stereocenters. The molecule has 0 aliphatic heterocycles. The first-order valence-corrected chi connectivity index (χ1v) is 11.4. The number of quaternary nitrogens is 1. The maximum Gasteiger partial charge on any atom is 0.114 e. The van der Waals surface area contributed by atoms with Crippen LogP contribution in [-0.2, 0) is 0 Å². The summed E-state index contributed by atoms with van der Waals surface area (Å²) < 4.78 is 1.03. The number of nitrogens with zero attached hydrogens (tertiary/aromatic N) is 1. The Balaban J connectivity index is 0.00000676. The van der Waals surface area contributed by atoms with Crippen LogP contribution in [0.2, 0.25) is 0 Å². The van der Waals surface area contributed by atoms with Crippen molar-refractivity contribution in [2.45, 2.75) is 103 Å². The molecule has 27 heavy (non-hydrogen) atoms. The summed E-state index contributed by atoms with van der Waals surface area (Å²) in [5.74, 6) is 0. The van der Waals surface area contributed by atoms with Gasteiger partial charge in [0.1, 0.15) is 6.04 Å². The predicted molar refractivity (Wildman–Crippen MR) is 118 cm³/mol. The molecule has 1 atom stereocenters. The summed E-state index contributed by atoms with van der Waals surface area (Å²) in [7, 11) is 7.00. The van der Waals surface area contributed by atoms with Crippen LogP contribution in [0.5, 0.6) is 0 Å². The van der Waals surface area contributed by atoms with Crippen LogP contribution in [-0.4, -0.2) is 25.6 Å². The highest BCUT2D eigenvalue weighted by molar-refractivity contribution is 5.17. The third-order valence-corrected chi connectivity index (χ3v) is 5.70. The van der Waals surface area contributed by atoms with Crippen LogP contribution in [0.25, 0.3) is 0 Å². The molecule has 0 amide bonds. The molecule has 0 aliphatic carbocycles. The van der Waals surface area contributed by atoms with Crippen molar-refractivity contribution in [3.05, 3.63) is 35.9 Å². The average Bonchev–Trinajstić information content (AvgIpc) is 2.62. The molecule has 0 fully saturated rings. The lowest BCUT2D eigenvalue weighted by Gasteiger charge is -2.34. The van der Waals surface area contributed by atoms with Gasteiger partial charge in [0.2, 0.25) is 0 Å². The molecule has 0 heterocycles. The minimum Gasteiger partial charge on any atom is -1.00 e. The van der Waals surface area contributed by atoms with Gasteiger partial charge in [0.05, 0.1) is 21.1 Å². The zero-order valence-electron chi connectivity index (χ0n) is 18.7. The first-order valence-electron chi connectivity index (χ1n) is 11.4. The fourth-order valence-corrected chi connectivity index (χ4v) is 4.03. The number of rotatable bonds is 16. The first kappa shape index (κ1) is 26.5.